The van der Waals surface area contributed by atoms with E-state index in [0.29, 0.717) is 29.3 Å². The van der Waals surface area contributed by atoms with Crippen molar-refractivity contribution in [2.75, 3.05) is 13.7 Å². The second-order valence-electron chi connectivity index (χ2n) is 7.63. The first-order valence-corrected chi connectivity index (χ1v) is 9.60. The second kappa shape index (κ2) is 6.70. The van der Waals surface area contributed by atoms with Gasteiger partial charge in [-0.1, -0.05) is 6.07 Å². The molecule has 1 aromatic heterocycles. The number of imide groups is 1. The van der Waals surface area contributed by atoms with E-state index < -0.39 is 23.6 Å². The van der Waals surface area contributed by atoms with Gasteiger partial charge in [0.25, 0.3) is 11.8 Å². The van der Waals surface area contributed by atoms with Crippen molar-refractivity contribution in [3.8, 4) is 17.6 Å². The summed E-state index contributed by atoms with van der Waals surface area (Å²) in [5.74, 6) is 0.169. The third-order valence-corrected chi connectivity index (χ3v) is 5.85. The summed E-state index contributed by atoms with van der Waals surface area (Å²) >= 11 is 0. The Morgan fingerprint density at radius 2 is 2.16 bits per heavy atom. The van der Waals surface area contributed by atoms with E-state index in [1.165, 1.54) is 18.1 Å². The lowest BCUT2D eigenvalue weighted by atomic mass is 9.89. The molecule has 0 bridgehead atoms. The molecule has 156 valence electrons. The highest BCUT2D eigenvalue weighted by atomic mass is 16.5. The molecule has 1 saturated heterocycles. The number of urea groups is 1. The number of fused-ring (bicyclic) bond motifs is 2. The van der Waals surface area contributed by atoms with Crippen LogP contribution in [0.4, 0.5) is 4.79 Å². The van der Waals surface area contributed by atoms with E-state index in [2.05, 4.69) is 15.6 Å². The number of hydrogen-bond acceptors (Lipinski definition) is 7. The third kappa shape index (κ3) is 2.85. The molecular formula is C21H17N5O5. The van der Waals surface area contributed by atoms with E-state index in [9.17, 15) is 14.4 Å². The van der Waals surface area contributed by atoms with Gasteiger partial charge in [0.1, 0.15) is 29.4 Å². The molecule has 10 nitrogen and oxygen atoms in total. The van der Waals surface area contributed by atoms with Gasteiger partial charge in [-0.15, -0.1) is 0 Å². The Kier molecular flexibility index (Phi) is 4.08. The molecule has 3 aliphatic rings. The molecule has 3 aliphatic heterocycles. The van der Waals surface area contributed by atoms with Crippen LogP contribution in [-0.2, 0) is 17.8 Å². The summed E-state index contributed by atoms with van der Waals surface area (Å²) in [4.78, 5) is 43.8. The van der Waals surface area contributed by atoms with Gasteiger partial charge in [0, 0.05) is 18.5 Å². The molecular weight excluding hydrogens is 402 g/mol. The molecule has 4 amide bonds. The van der Waals surface area contributed by atoms with Crippen LogP contribution in [0.5, 0.6) is 11.5 Å². The molecule has 10 heteroatoms. The number of methoxy groups -OCH3 is 1. The zero-order chi connectivity index (χ0) is 21.8. The van der Waals surface area contributed by atoms with E-state index in [1.807, 2.05) is 6.07 Å². The summed E-state index contributed by atoms with van der Waals surface area (Å²) in [7, 11) is 1.52. The highest BCUT2D eigenvalue weighted by molar-refractivity contribution is 6.08. The maximum Gasteiger partial charge on any atom is 0.322 e. The average molecular weight is 419 g/mol. The van der Waals surface area contributed by atoms with Gasteiger partial charge in [0.2, 0.25) is 0 Å². The van der Waals surface area contributed by atoms with Gasteiger partial charge in [0.05, 0.1) is 19.3 Å². The number of pyridine rings is 1. The third-order valence-electron chi connectivity index (χ3n) is 5.85. The number of hydrogen-bond donors (Lipinski definition) is 2. The van der Waals surface area contributed by atoms with Crippen LogP contribution in [0, 0.1) is 11.3 Å². The first kappa shape index (κ1) is 18.9. The highest BCUT2D eigenvalue weighted by Gasteiger charge is 2.57. The van der Waals surface area contributed by atoms with Gasteiger partial charge < -0.3 is 19.7 Å². The van der Waals surface area contributed by atoms with Gasteiger partial charge in [0.15, 0.2) is 5.54 Å². The smallest absolute Gasteiger partial charge is 0.322 e. The molecule has 0 aliphatic carbocycles. The quantitative estimate of drug-likeness (QED) is 0.689. The minimum atomic E-state index is -1.49. The van der Waals surface area contributed by atoms with Crippen LogP contribution in [0.15, 0.2) is 30.3 Å². The zero-order valence-electron chi connectivity index (χ0n) is 16.5. The van der Waals surface area contributed by atoms with Gasteiger partial charge in [-0.05, 0) is 29.8 Å². The Labute approximate surface area is 176 Å². The summed E-state index contributed by atoms with van der Waals surface area (Å²) in [5, 5.41) is 14.0. The molecule has 5 rings (SSSR count). The van der Waals surface area contributed by atoms with Crippen LogP contribution in [-0.4, -0.2) is 53.0 Å². The van der Waals surface area contributed by atoms with Gasteiger partial charge in [-0.25, -0.2) is 9.78 Å². The number of aromatic nitrogens is 1. The first-order valence-electron chi connectivity index (χ1n) is 9.60. The summed E-state index contributed by atoms with van der Waals surface area (Å²) in [6.45, 7) is 0.212. The van der Waals surface area contributed by atoms with Crippen LogP contribution in [0.3, 0.4) is 0 Å². The number of rotatable bonds is 4. The van der Waals surface area contributed by atoms with Crippen LogP contribution in [0.25, 0.3) is 0 Å². The molecule has 0 radical (unpaired) electrons. The maximum atomic E-state index is 13.0. The lowest BCUT2D eigenvalue weighted by molar-refractivity contribution is -0.127. The average Bonchev–Trinajstić information content (AvgIpc) is 3.41. The van der Waals surface area contributed by atoms with E-state index in [4.69, 9.17) is 14.7 Å². The number of amides is 4. The lowest BCUT2D eigenvalue weighted by Gasteiger charge is -2.34. The Hall–Kier alpha value is -4.13. The second-order valence-corrected chi connectivity index (χ2v) is 7.63. The van der Waals surface area contributed by atoms with Crippen molar-refractivity contribution in [3.05, 3.63) is 52.8 Å². The minimum absolute atomic E-state index is 0.0792. The fourth-order valence-corrected chi connectivity index (χ4v) is 4.29. The fourth-order valence-electron chi connectivity index (χ4n) is 4.29. The summed E-state index contributed by atoms with van der Waals surface area (Å²) < 4.78 is 11.2. The van der Waals surface area contributed by atoms with Crippen LogP contribution in [0.2, 0.25) is 0 Å². The first-order chi connectivity index (χ1) is 14.9. The van der Waals surface area contributed by atoms with Crippen LogP contribution in [0.1, 0.15) is 27.3 Å². The van der Waals surface area contributed by atoms with Crippen molar-refractivity contribution in [1.29, 1.82) is 5.26 Å². The number of nitriles is 1. The van der Waals surface area contributed by atoms with Crippen LogP contribution < -0.4 is 20.1 Å². The molecule has 2 unspecified atom stereocenters. The Morgan fingerprint density at radius 3 is 2.87 bits per heavy atom. The molecule has 31 heavy (non-hydrogen) atoms. The zero-order valence-corrected chi connectivity index (χ0v) is 16.5. The largest absolute Gasteiger partial charge is 0.497 e. The van der Waals surface area contributed by atoms with Crippen molar-refractivity contribution >= 4 is 17.8 Å². The number of carbonyl (C=O) groups is 3. The van der Waals surface area contributed by atoms with Crippen molar-refractivity contribution in [2.45, 2.75) is 24.6 Å². The Bertz CT molecular complexity index is 1190. The van der Waals surface area contributed by atoms with E-state index >= 15 is 0 Å². The van der Waals surface area contributed by atoms with E-state index in [1.54, 1.807) is 24.3 Å². The monoisotopic (exact) mass is 419 g/mol. The van der Waals surface area contributed by atoms with Crippen molar-refractivity contribution in [3.63, 3.8) is 0 Å². The Morgan fingerprint density at radius 1 is 1.32 bits per heavy atom. The molecule has 2 N–H and O–H groups in total. The molecule has 1 aromatic carbocycles. The van der Waals surface area contributed by atoms with Crippen LogP contribution >= 0.6 is 0 Å². The molecule has 1 fully saturated rings. The van der Waals surface area contributed by atoms with Gasteiger partial charge in [-0.3, -0.25) is 14.9 Å². The predicted molar refractivity (Wildman–Crippen MR) is 104 cm³/mol. The van der Waals surface area contributed by atoms with Crippen molar-refractivity contribution in [2.24, 2.45) is 0 Å². The van der Waals surface area contributed by atoms with Crippen molar-refractivity contribution < 1.29 is 23.9 Å². The number of benzene rings is 1. The normalized spacial score (nSPS) is 23.5. The molecule has 4 heterocycles. The van der Waals surface area contributed by atoms with E-state index in [0.717, 1.165) is 5.56 Å². The number of nitrogens with zero attached hydrogens (tertiary/aromatic N) is 3. The summed E-state index contributed by atoms with van der Waals surface area (Å²) in [5.41, 5.74) is 0.567. The number of nitrogens with one attached hydrogen (secondary N) is 2. The lowest BCUT2D eigenvalue weighted by Crippen LogP contribution is -2.64. The molecule has 2 atom stereocenters. The molecule has 0 spiro atoms. The van der Waals surface area contributed by atoms with E-state index in [-0.39, 0.29) is 24.6 Å². The minimum Gasteiger partial charge on any atom is -0.497 e. The fraction of sp³-hybridized carbons (Fsp3) is 0.286. The van der Waals surface area contributed by atoms with Gasteiger partial charge in [-0.2, -0.15) is 5.26 Å². The standard InChI is InChI=1S/C21H17N5O5/c1-30-13-4-2-11-9-26(18(27)14(11)6-13)10-21(19(28)24-20(29)25-21)17-7-15-16(31-17)5-3-12(8-22)23-15/h2-6,17H,7,9-10H2,1H3,(H2,24,25,28,29). The molecule has 0 saturated carbocycles. The number of carbonyl (C=O) groups excluding carboxylic acids is 3. The highest BCUT2D eigenvalue weighted by Crippen LogP contribution is 2.36. The number of ether oxygens (including phenoxy) is 2. The summed E-state index contributed by atoms with van der Waals surface area (Å²) in [6, 6.07) is 9.70. The SMILES string of the molecule is COc1ccc2c(c1)C(=O)N(CC1(C3Cc4nc(C#N)ccc4O3)NC(=O)NC1=O)C2. The Balaban J connectivity index is 1.46. The topological polar surface area (TPSA) is 134 Å². The van der Waals surface area contributed by atoms with Gasteiger partial charge >= 0.3 is 6.03 Å². The summed E-state index contributed by atoms with van der Waals surface area (Å²) in [6.07, 6.45) is -0.581. The predicted octanol–water partition coefficient (Wildman–Crippen LogP) is 0.500. The van der Waals surface area contributed by atoms with Crippen molar-refractivity contribution in [1.82, 2.24) is 20.5 Å². The molecule has 2 aromatic rings. The maximum absolute atomic E-state index is 13.0.